The molecule has 2 fully saturated rings. The van der Waals surface area contributed by atoms with E-state index in [0.717, 1.165) is 19.3 Å². The maximum absolute atomic E-state index is 12.5. The van der Waals surface area contributed by atoms with Gasteiger partial charge >= 0.3 is 0 Å². The average molecular weight is 305 g/mol. The van der Waals surface area contributed by atoms with Crippen LogP contribution in [0.2, 0.25) is 0 Å². The second-order valence-corrected chi connectivity index (χ2v) is 7.49. The van der Waals surface area contributed by atoms with Gasteiger partial charge in [0.25, 0.3) is 11.5 Å². The van der Waals surface area contributed by atoms with E-state index in [1.807, 2.05) is 27.7 Å². The summed E-state index contributed by atoms with van der Waals surface area (Å²) in [7, 11) is 0. The van der Waals surface area contributed by atoms with Crippen LogP contribution in [0.25, 0.3) is 0 Å². The summed E-state index contributed by atoms with van der Waals surface area (Å²) in [5.74, 6) is 0.609. The van der Waals surface area contributed by atoms with Crippen molar-refractivity contribution in [2.45, 2.75) is 70.1 Å². The van der Waals surface area contributed by atoms with Crippen LogP contribution in [-0.2, 0) is 4.74 Å². The zero-order valence-electron chi connectivity index (χ0n) is 13.5. The van der Waals surface area contributed by atoms with Gasteiger partial charge in [-0.05, 0) is 47.0 Å². The van der Waals surface area contributed by atoms with Gasteiger partial charge in [0.2, 0.25) is 0 Å². The Kier molecular flexibility index (Phi) is 3.40. The van der Waals surface area contributed by atoms with Gasteiger partial charge in [0.1, 0.15) is 11.5 Å². The summed E-state index contributed by atoms with van der Waals surface area (Å²) >= 11 is 0. The molecule has 2 N–H and O–H groups in total. The molecule has 2 aliphatic rings. The van der Waals surface area contributed by atoms with Crippen molar-refractivity contribution in [3.63, 3.8) is 0 Å². The van der Waals surface area contributed by atoms with Crippen molar-refractivity contribution in [2.24, 2.45) is 0 Å². The number of nitrogens with zero attached hydrogens (tertiary/aromatic N) is 1. The molecule has 3 rings (SSSR count). The third kappa shape index (κ3) is 3.06. The summed E-state index contributed by atoms with van der Waals surface area (Å²) < 4.78 is 5.98. The first-order chi connectivity index (χ1) is 10.2. The van der Waals surface area contributed by atoms with Gasteiger partial charge in [0.15, 0.2) is 0 Å². The Hall–Kier alpha value is -1.69. The van der Waals surface area contributed by atoms with Gasteiger partial charge in [0.05, 0.1) is 17.2 Å². The second-order valence-electron chi connectivity index (χ2n) is 7.49. The summed E-state index contributed by atoms with van der Waals surface area (Å²) in [5.41, 5.74) is -0.808. The minimum absolute atomic E-state index is 0.111. The van der Waals surface area contributed by atoms with Crippen molar-refractivity contribution in [1.29, 1.82) is 0 Å². The van der Waals surface area contributed by atoms with Gasteiger partial charge in [-0.15, -0.1) is 0 Å². The molecule has 6 heteroatoms. The highest BCUT2D eigenvalue weighted by molar-refractivity contribution is 5.92. The maximum atomic E-state index is 12.5. The molecule has 0 radical (unpaired) electrons. The molecule has 120 valence electrons. The molecule has 1 aromatic rings. The number of H-pyrrole nitrogens is 1. The molecule has 2 heterocycles. The summed E-state index contributed by atoms with van der Waals surface area (Å²) in [6, 6.07) is 1.15. The average Bonchev–Trinajstić information content (AvgIpc) is 3.16. The molecule has 1 saturated carbocycles. The molecule has 22 heavy (non-hydrogen) atoms. The lowest BCUT2D eigenvalue weighted by Crippen LogP contribution is -2.46. The Balaban J connectivity index is 1.79. The van der Waals surface area contributed by atoms with Gasteiger partial charge in [-0.1, -0.05) is 0 Å². The largest absolute Gasteiger partial charge is 0.367 e. The van der Waals surface area contributed by atoms with Gasteiger partial charge < -0.3 is 15.0 Å². The van der Waals surface area contributed by atoms with Crippen LogP contribution < -0.4 is 10.9 Å². The molecular weight excluding hydrogens is 282 g/mol. The molecule has 0 aromatic carbocycles. The summed E-state index contributed by atoms with van der Waals surface area (Å²) in [4.78, 5) is 31.2. The van der Waals surface area contributed by atoms with Crippen LogP contribution in [0.5, 0.6) is 0 Å². The fourth-order valence-electron chi connectivity index (χ4n) is 3.16. The van der Waals surface area contributed by atoms with Crippen LogP contribution in [0.15, 0.2) is 10.9 Å². The van der Waals surface area contributed by atoms with E-state index < -0.39 is 5.60 Å². The highest BCUT2D eigenvalue weighted by Crippen LogP contribution is 2.38. The van der Waals surface area contributed by atoms with Crippen LogP contribution in [0.3, 0.4) is 0 Å². The van der Waals surface area contributed by atoms with Crippen LogP contribution in [-0.4, -0.2) is 33.1 Å². The molecule has 0 unspecified atom stereocenters. The molecule has 1 atom stereocenters. The number of aromatic nitrogens is 2. The minimum atomic E-state index is -0.445. The SMILES string of the molecule is CC1(C)C[C@@H](NC(=O)c2cc(=O)[nH]c(C3CC3)n2)C(C)(C)O1. The molecule has 1 aliphatic carbocycles. The lowest BCUT2D eigenvalue weighted by molar-refractivity contribution is -0.0693. The standard InChI is InChI=1S/C16H23N3O3/c1-15(2)8-11(16(3,4)22-15)18-14(21)10-7-12(20)19-13(17-10)9-5-6-9/h7,9,11H,5-6,8H2,1-4H3,(H,18,21)(H,17,19,20)/t11-/m1/s1. The number of amides is 1. The number of rotatable bonds is 3. The Morgan fingerprint density at radius 1 is 1.36 bits per heavy atom. The number of carbonyl (C=O) groups excluding carboxylic acids is 1. The molecular formula is C16H23N3O3. The smallest absolute Gasteiger partial charge is 0.270 e. The molecule has 6 nitrogen and oxygen atoms in total. The number of nitrogens with one attached hydrogen (secondary N) is 2. The van der Waals surface area contributed by atoms with Gasteiger partial charge in [-0.3, -0.25) is 9.59 Å². The van der Waals surface area contributed by atoms with Crippen LogP contribution in [0, 0.1) is 0 Å². The van der Waals surface area contributed by atoms with Gasteiger partial charge in [-0.2, -0.15) is 0 Å². The lowest BCUT2D eigenvalue weighted by Gasteiger charge is -2.27. The van der Waals surface area contributed by atoms with Crippen molar-refractivity contribution in [2.75, 3.05) is 0 Å². The monoisotopic (exact) mass is 305 g/mol. The van der Waals surface area contributed by atoms with E-state index in [9.17, 15) is 9.59 Å². The van der Waals surface area contributed by atoms with Crippen molar-refractivity contribution in [3.8, 4) is 0 Å². The fourth-order valence-corrected chi connectivity index (χ4v) is 3.16. The van der Waals surface area contributed by atoms with Gasteiger partial charge in [0, 0.05) is 12.0 Å². The Morgan fingerprint density at radius 2 is 2.05 bits per heavy atom. The predicted molar refractivity (Wildman–Crippen MR) is 81.9 cm³/mol. The molecule has 0 spiro atoms. The summed E-state index contributed by atoms with van der Waals surface area (Å²) in [5, 5.41) is 2.98. The normalized spacial score (nSPS) is 25.9. The zero-order valence-corrected chi connectivity index (χ0v) is 13.5. The van der Waals surface area contributed by atoms with Gasteiger partial charge in [-0.25, -0.2) is 4.98 Å². The summed E-state index contributed by atoms with van der Waals surface area (Å²) in [6.45, 7) is 7.95. The van der Waals surface area contributed by atoms with Crippen molar-refractivity contribution < 1.29 is 9.53 Å². The number of ether oxygens (including phenoxy) is 1. The molecule has 1 aliphatic heterocycles. The van der Waals surface area contributed by atoms with E-state index in [0.29, 0.717) is 11.7 Å². The van der Waals surface area contributed by atoms with E-state index >= 15 is 0 Å². The third-order valence-electron chi connectivity index (χ3n) is 4.34. The maximum Gasteiger partial charge on any atom is 0.270 e. The first kappa shape index (κ1) is 15.2. The first-order valence-electron chi connectivity index (χ1n) is 7.79. The van der Waals surface area contributed by atoms with Crippen molar-refractivity contribution in [3.05, 3.63) is 27.9 Å². The fraction of sp³-hybridized carbons (Fsp3) is 0.688. The minimum Gasteiger partial charge on any atom is -0.367 e. The van der Waals surface area contributed by atoms with E-state index in [4.69, 9.17) is 4.74 Å². The Morgan fingerprint density at radius 3 is 2.59 bits per heavy atom. The zero-order chi connectivity index (χ0) is 16.1. The van der Waals surface area contributed by atoms with Crippen LogP contribution in [0.1, 0.15) is 69.2 Å². The lowest BCUT2D eigenvalue weighted by atomic mass is 9.94. The number of hydrogen-bond acceptors (Lipinski definition) is 4. The van der Waals surface area contributed by atoms with Crippen molar-refractivity contribution >= 4 is 5.91 Å². The quantitative estimate of drug-likeness (QED) is 0.890. The second kappa shape index (κ2) is 4.91. The van der Waals surface area contributed by atoms with E-state index in [1.54, 1.807) is 0 Å². The highest BCUT2D eigenvalue weighted by atomic mass is 16.5. The third-order valence-corrected chi connectivity index (χ3v) is 4.34. The highest BCUT2D eigenvalue weighted by Gasteiger charge is 2.46. The van der Waals surface area contributed by atoms with Crippen LogP contribution >= 0.6 is 0 Å². The molecule has 0 bridgehead atoms. The topological polar surface area (TPSA) is 84.1 Å². The Bertz CT molecular complexity index is 659. The predicted octanol–water partition coefficient (Wildman–Crippen LogP) is 1.72. The van der Waals surface area contributed by atoms with Crippen LogP contribution in [0.4, 0.5) is 0 Å². The Labute approximate surface area is 129 Å². The van der Waals surface area contributed by atoms with Crippen molar-refractivity contribution in [1.82, 2.24) is 15.3 Å². The molecule has 1 aromatic heterocycles. The van der Waals surface area contributed by atoms with E-state index in [-0.39, 0.29) is 28.8 Å². The summed E-state index contributed by atoms with van der Waals surface area (Å²) in [6.07, 6.45) is 2.77. The molecule has 1 saturated heterocycles. The molecule has 1 amide bonds. The number of aromatic amines is 1. The first-order valence-corrected chi connectivity index (χ1v) is 7.79. The number of carbonyl (C=O) groups is 1. The van der Waals surface area contributed by atoms with E-state index in [2.05, 4.69) is 15.3 Å². The van der Waals surface area contributed by atoms with E-state index in [1.165, 1.54) is 6.07 Å². The number of hydrogen-bond donors (Lipinski definition) is 2.